The second kappa shape index (κ2) is 8.90. The summed E-state index contributed by atoms with van der Waals surface area (Å²) >= 11 is 0. The molecule has 2 atom stereocenters. The molecular weight excluding hydrogens is 214 g/mol. The Balaban J connectivity index is 4.49. The van der Waals surface area contributed by atoms with E-state index >= 15 is 0 Å². The van der Waals surface area contributed by atoms with Gasteiger partial charge in [-0.25, -0.2) is 0 Å². The highest BCUT2D eigenvalue weighted by atomic mass is 16.5. The zero-order chi connectivity index (χ0) is 13.3. The Labute approximate surface area is 107 Å². The van der Waals surface area contributed by atoms with Gasteiger partial charge in [-0.15, -0.1) is 0 Å². The van der Waals surface area contributed by atoms with E-state index in [2.05, 4.69) is 39.9 Å². The maximum atomic E-state index is 5.89. The second-order valence-electron chi connectivity index (χ2n) is 5.23. The van der Waals surface area contributed by atoms with Crippen LogP contribution in [-0.2, 0) is 9.47 Å². The minimum atomic E-state index is -0.128. The van der Waals surface area contributed by atoms with Gasteiger partial charge in [-0.3, -0.25) is 0 Å². The third-order valence-corrected chi connectivity index (χ3v) is 3.23. The van der Waals surface area contributed by atoms with Crippen molar-refractivity contribution in [2.45, 2.75) is 59.1 Å². The number of hydrogen-bond donors (Lipinski definition) is 1. The van der Waals surface area contributed by atoms with Gasteiger partial charge in [0.05, 0.1) is 5.60 Å². The first-order chi connectivity index (χ1) is 7.99. The molecule has 1 N–H and O–H groups in total. The summed E-state index contributed by atoms with van der Waals surface area (Å²) in [6, 6.07) is 0.373. The van der Waals surface area contributed by atoms with Gasteiger partial charge in [-0.1, -0.05) is 13.8 Å². The van der Waals surface area contributed by atoms with E-state index < -0.39 is 0 Å². The van der Waals surface area contributed by atoms with E-state index in [0.717, 1.165) is 32.6 Å². The minimum absolute atomic E-state index is 0.128. The molecule has 0 radical (unpaired) electrons. The fourth-order valence-corrected chi connectivity index (χ4v) is 2.36. The first kappa shape index (κ1) is 16.9. The van der Waals surface area contributed by atoms with E-state index in [9.17, 15) is 0 Å². The zero-order valence-electron chi connectivity index (χ0n) is 12.5. The molecule has 0 aromatic carbocycles. The molecule has 104 valence electrons. The summed E-state index contributed by atoms with van der Waals surface area (Å²) in [5.74, 6) is 0.544. The third kappa shape index (κ3) is 6.39. The largest absolute Gasteiger partial charge is 0.385 e. The van der Waals surface area contributed by atoms with Crippen LogP contribution in [0.15, 0.2) is 0 Å². The van der Waals surface area contributed by atoms with Gasteiger partial charge in [0.25, 0.3) is 0 Å². The van der Waals surface area contributed by atoms with Crippen molar-refractivity contribution in [1.29, 1.82) is 0 Å². The van der Waals surface area contributed by atoms with Gasteiger partial charge in [0, 0.05) is 26.4 Å². The predicted octanol–water partition coefficient (Wildman–Crippen LogP) is 2.84. The fraction of sp³-hybridized carbons (Fsp3) is 1.00. The molecule has 0 aliphatic carbocycles. The third-order valence-electron chi connectivity index (χ3n) is 3.23. The van der Waals surface area contributed by atoms with Crippen LogP contribution in [0.25, 0.3) is 0 Å². The number of methoxy groups -OCH3 is 1. The summed E-state index contributed by atoms with van der Waals surface area (Å²) in [6.07, 6.45) is 2.21. The van der Waals surface area contributed by atoms with Crippen molar-refractivity contribution in [3.8, 4) is 0 Å². The Morgan fingerprint density at radius 1 is 1.24 bits per heavy atom. The highest BCUT2D eigenvalue weighted by Gasteiger charge is 2.33. The molecule has 0 spiro atoms. The maximum absolute atomic E-state index is 5.89. The summed E-state index contributed by atoms with van der Waals surface area (Å²) in [7, 11) is 1.76. The van der Waals surface area contributed by atoms with Gasteiger partial charge in [0.2, 0.25) is 0 Å². The van der Waals surface area contributed by atoms with Gasteiger partial charge in [0.15, 0.2) is 0 Å². The van der Waals surface area contributed by atoms with Crippen LogP contribution >= 0.6 is 0 Å². The Morgan fingerprint density at radius 3 is 2.35 bits per heavy atom. The molecule has 0 aromatic rings. The molecule has 0 saturated heterocycles. The summed E-state index contributed by atoms with van der Waals surface area (Å²) in [4.78, 5) is 0. The first-order valence-corrected chi connectivity index (χ1v) is 6.85. The number of ether oxygens (including phenoxy) is 2. The average Bonchev–Trinajstić information content (AvgIpc) is 2.26. The number of hydrogen-bond acceptors (Lipinski definition) is 3. The Kier molecular flexibility index (Phi) is 8.83. The molecule has 17 heavy (non-hydrogen) atoms. The van der Waals surface area contributed by atoms with Crippen LogP contribution in [0.4, 0.5) is 0 Å². The average molecular weight is 245 g/mol. The molecule has 0 fully saturated rings. The van der Waals surface area contributed by atoms with E-state index in [1.54, 1.807) is 7.11 Å². The topological polar surface area (TPSA) is 30.5 Å². The van der Waals surface area contributed by atoms with Gasteiger partial charge >= 0.3 is 0 Å². The molecule has 0 aliphatic heterocycles. The molecule has 0 aromatic heterocycles. The maximum Gasteiger partial charge on any atom is 0.0781 e. The summed E-state index contributed by atoms with van der Waals surface area (Å²) in [5.41, 5.74) is -0.128. The van der Waals surface area contributed by atoms with Crippen LogP contribution in [0, 0.1) is 5.92 Å². The smallest absolute Gasteiger partial charge is 0.0781 e. The summed E-state index contributed by atoms with van der Waals surface area (Å²) in [5, 5.41) is 3.62. The Hall–Kier alpha value is -0.120. The SMILES string of the molecule is CCCNC(C(C)CCOC)C(C)(C)OCC. The van der Waals surface area contributed by atoms with Gasteiger partial charge in [-0.05, 0) is 46.1 Å². The zero-order valence-corrected chi connectivity index (χ0v) is 12.5. The van der Waals surface area contributed by atoms with Crippen LogP contribution in [-0.4, -0.2) is 38.5 Å². The van der Waals surface area contributed by atoms with Crippen molar-refractivity contribution in [1.82, 2.24) is 5.32 Å². The van der Waals surface area contributed by atoms with Gasteiger partial charge in [-0.2, -0.15) is 0 Å². The van der Waals surface area contributed by atoms with Crippen LogP contribution in [0.2, 0.25) is 0 Å². The molecular formula is C14H31NO2. The predicted molar refractivity (Wildman–Crippen MR) is 73.4 cm³/mol. The molecule has 3 heteroatoms. The van der Waals surface area contributed by atoms with Crippen molar-refractivity contribution in [2.24, 2.45) is 5.92 Å². The highest BCUT2D eigenvalue weighted by Crippen LogP contribution is 2.23. The van der Waals surface area contributed by atoms with Crippen LogP contribution in [0.5, 0.6) is 0 Å². The minimum Gasteiger partial charge on any atom is -0.385 e. The lowest BCUT2D eigenvalue weighted by Crippen LogP contribution is -2.52. The van der Waals surface area contributed by atoms with Gasteiger partial charge in [0.1, 0.15) is 0 Å². The standard InChI is InChI=1S/C14H31NO2/c1-7-10-15-13(12(3)9-11-16-6)14(4,5)17-8-2/h12-13,15H,7-11H2,1-6H3. The number of nitrogens with one attached hydrogen (secondary N) is 1. The molecule has 0 heterocycles. The Bertz CT molecular complexity index is 183. The van der Waals surface area contributed by atoms with Gasteiger partial charge < -0.3 is 14.8 Å². The molecule has 0 aliphatic rings. The van der Waals surface area contributed by atoms with E-state index in [1.165, 1.54) is 0 Å². The van der Waals surface area contributed by atoms with Crippen molar-refractivity contribution in [2.75, 3.05) is 26.9 Å². The van der Waals surface area contributed by atoms with Crippen LogP contribution < -0.4 is 5.32 Å². The summed E-state index contributed by atoms with van der Waals surface area (Å²) < 4.78 is 11.1. The van der Waals surface area contributed by atoms with Crippen molar-refractivity contribution < 1.29 is 9.47 Å². The Morgan fingerprint density at radius 2 is 1.88 bits per heavy atom. The lowest BCUT2D eigenvalue weighted by molar-refractivity contribution is -0.0536. The van der Waals surface area contributed by atoms with E-state index in [0.29, 0.717) is 12.0 Å². The molecule has 0 saturated carbocycles. The first-order valence-electron chi connectivity index (χ1n) is 6.85. The van der Waals surface area contributed by atoms with E-state index in [1.807, 2.05) is 0 Å². The lowest BCUT2D eigenvalue weighted by Gasteiger charge is -2.38. The van der Waals surface area contributed by atoms with E-state index in [-0.39, 0.29) is 5.60 Å². The highest BCUT2D eigenvalue weighted by molar-refractivity contribution is 4.89. The quantitative estimate of drug-likeness (QED) is 0.642. The second-order valence-corrected chi connectivity index (χ2v) is 5.23. The van der Waals surface area contributed by atoms with Crippen molar-refractivity contribution in [3.63, 3.8) is 0 Å². The molecule has 2 unspecified atom stereocenters. The normalized spacial score (nSPS) is 15.9. The monoisotopic (exact) mass is 245 g/mol. The van der Waals surface area contributed by atoms with Crippen LogP contribution in [0.1, 0.15) is 47.5 Å². The van der Waals surface area contributed by atoms with Crippen molar-refractivity contribution >= 4 is 0 Å². The molecule has 0 bridgehead atoms. The molecule has 0 rings (SSSR count). The molecule has 3 nitrogen and oxygen atoms in total. The fourth-order valence-electron chi connectivity index (χ4n) is 2.36. The summed E-state index contributed by atoms with van der Waals surface area (Å²) in [6.45, 7) is 13.5. The van der Waals surface area contributed by atoms with Crippen LogP contribution in [0.3, 0.4) is 0 Å². The number of rotatable bonds is 10. The lowest BCUT2D eigenvalue weighted by atomic mass is 9.86. The van der Waals surface area contributed by atoms with Crippen molar-refractivity contribution in [3.05, 3.63) is 0 Å². The molecule has 0 amide bonds. The van der Waals surface area contributed by atoms with E-state index in [4.69, 9.17) is 9.47 Å².